The van der Waals surface area contributed by atoms with Gasteiger partial charge in [0.05, 0.1) is 5.69 Å². The summed E-state index contributed by atoms with van der Waals surface area (Å²) >= 11 is 0. The van der Waals surface area contributed by atoms with Crippen molar-refractivity contribution in [1.82, 2.24) is 4.98 Å². The SMILES string of the molecule is CCc1c(C#N)nc(-c2ccccc2)c(-c2ccccc2)c1CC. The number of rotatable bonds is 4. The van der Waals surface area contributed by atoms with E-state index >= 15 is 0 Å². The Morgan fingerprint density at radius 1 is 0.792 bits per heavy atom. The standard InChI is InChI=1S/C22H20N2/c1-3-18-19(4-2)21(16-11-7-5-8-12-16)22(24-20(18)15-23)17-13-9-6-10-14-17/h5-14H,3-4H2,1-2H3. The van der Waals surface area contributed by atoms with Gasteiger partial charge in [0.2, 0.25) is 0 Å². The van der Waals surface area contributed by atoms with Crippen molar-refractivity contribution in [2.45, 2.75) is 26.7 Å². The van der Waals surface area contributed by atoms with E-state index in [0.29, 0.717) is 5.69 Å². The van der Waals surface area contributed by atoms with E-state index in [1.807, 2.05) is 36.4 Å². The van der Waals surface area contributed by atoms with Crippen LogP contribution in [0.1, 0.15) is 30.7 Å². The zero-order chi connectivity index (χ0) is 16.9. The number of aromatic nitrogens is 1. The van der Waals surface area contributed by atoms with Gasteiger partial charge in [-0.25, -0.2) is 4.98 Å². The molecule has 2 heteroatoms. The zero-order valence-corrected chi connectivity index (χ0v) is 14.1. The lowest BCUT2D eigenvalue weighted by Gasteiger charge is -2.18. The number of nitriles is 1. The molecule has 0 amide bonds. The van der Waals surface area contributed by atoms with Crippen molar-refractivity contribution in [3.63, 3.8) is 0 Å². The van der Waals surface area contributed by atoms with Gasteiger partial charge in [-0.2, -0.15) is 5.26 Å². The van der Waals surface area contributed by atoms with Gasteiger partial charge < -0.3 is 0 Å². The maximum Gasteiger partial charge on any atom is 0.144 e. The average Bonchev–Trinajstić information content (AvgIpc) is 2.67. The first-order valence-corrected chi connectivity index (χ1v) is 8.36. The second-order valence-corrected chi connectivity index (χ2v) is 5.69. The quantitative estimate of drug-likeness (QED) is 0.645. The predicted molar refractivity (Wildman–Crippen MR) is 98.6 cm³/mol. The lowest BCUT2D eigenvalue weighted by Crippen LogP contribution is -2.05. The van der Waals surface area contributed by atoms with Crippen molar-refractivity contribution < 1.29 is 0 Å². The average molecular weight is 312 g/mol. The highest BCUT2D eigenvalue weighted by molar-refractivity contribution is 5.84. The van der Waals surface area contributed by atoms with Crippen molar-refractivity contribution in [3.8, 4) is 28.5 Å². The molecule has 0 saturated heterocycles. The Morgan fingerprint density at radius 2 is 1.33 bits per heavy atom. The molecule has 0 radical (unpaired) electrons. The van der Waals surface area contributed by atoms with Gasteiger partial charge in [0.15, 0.2) is 0 Å². The Hall–Kier alpha value is -2.92. The second kappa shape index (κ2) is 7.10. The highest BCUT2D eigenvalue weighted by Crippen LogP contribution is 2.36. The molecule has 0 atom stereocenters. The van der Waals surface area contributed by atoms with Gasteiger partial charge in [0.1, 0.15) is 11.8 Å². The molecule has 0 N–H and O–H groups in total. The van der Waals surface area contributed by atoms with Crippen LogP contribution >= 0.6 is 0 Å². The maximum atomic E-state index is 9.59. The fourth-order valence-corrected chi connectivity index (χ4v) is 3.26. The Balaban J connectivity index is 2.42. The Morgan fingerprint density at radius 3 is 1.83 bits per heavy atom. The molecule has 0 bridgehead atoms. The molecule has 0 aliphatic heterocycles. The topological polar surface area (TPSA) is 36.7 Å². The lowest BCUT2D eigenvalue weighted by atomic mass is 9.88. The van der Waals surface area contributed by atoms with Crippen LogP contribution in [0.2, 0.25) is 0 Å². The highest BCUT2D eigenvalue weighted by atomic mass is 14.7. The first-order valence-electron chi connectivity index (χ1n) is 8.36. The highest BCUT2D eigenvalue weighted by Gasteiger charge is 2.19. The number of hydrogen-bond donors (Lipinski definition) is 0. The molecule has 3 rings (SSSR count). The Kier molecular flexibility index (Phi) is 4.72. The summed E-state index contributed by atoms with van der Waals surface area (Å²) in [7, 11) is 0. The van der Waals surface area contributed by atoms with Gasteiger partial charge in [-0.3, -0.25) is 0 Å². The molecule has 3 aromatic rings. The molecular weight excluding hydrogens is 292 g/mol. The van der Waals surface area contributed by atoms with E-state index in [1.165, 1.54) is 5.56 Å². The van der Waals surface area contributed by atoms with Gasteiger partial charge in [0, 0.05) is 11.1 Å². The molecule has 2 aromatic carbocycles. The largest absolute Gasteiger partial charge is 0.236 e. The van der Waals surface area contributed by atoms with Crippen molar-refractivity contribution in [2.24, 2.45) is 0 Å². The Bertz CT molecular complexity index is 875. The van der Waals surface area contributed by atoms with Crippen LogP contribution in [-0.4, -0.2) is 4.98 Å². The molecule has 0 fully saturated rings. The first kappa shape index (κ1) is 16.0. The van der Waals surface area contributed by atoms with Crippen LogP contribution in [-0.2, 0) is 12.8 Å². The summed E-state index contributed by atoms with van der Waals surface area (Å²) in [6, 6.07) is 22.8. The van der Waals surface area contributed by atoms with Crippen LogP contribution < -0.4 is 0 Å². The molecule has 0 aliphatic rings. The van der Waals surface area contributed by atoms with E-state index in [1.54, 1.807) is 0 Å². The second-order valence-electron chi connectivity index (χ2n) is 5.69. The van der Waals surface area contributed by atoms with E-state index in [9.17, 15) is 5.26 Å². The van der Waals surface area contributed by atoms with E-state index in [-0.39, 0.29) is 0 Å². The number of nitrogens with zero attached hydrogens (tertiary/aromatic N) is 2. The van der Waals surface area contributed by atoms with Crippen molar-refractivity contribution in [1.29, 1.82) is 5.26 Å². The van der Waals surface area contributed by atoms with Crippen molar-refractivity contribution >= 4 is 0 Å². The van der Waals surface area contributed by atoms with Crippen LogP contribution in [0.15, 0.2) is 60.7 Å². The van der Waals surface area contributed by atoms with E-state index < -0.39 is 0 Å². The predicted octanol–water partition coefficient (Wildman–Crippen LogP) is 5.41. The lowest BCUT2D eigenvalue weighted by molar-refractivity contribution is 1.00. The van der Waals surface area contributed by atoms with Gasteiger partial charge in [-0.1, -0.05) is 74.5 Å². The summed E-state index contributed by atoms with van der Waals surface area (Å²) in [5.74, 6) is 0. The number of pyridine rings is 1. The molecule has 0 spiro atoms. The molecule has 0 saturated carbocycles. The third-order valence-electron chi connectivity index (χ3n) is 4.34. The molecular formula is C22H20N2. The number of benzene rings is 2. The molecule has 0 aliphatic carbocycles. The molecule has 118 valence electrons. The van der Waals surface area contributed by atoms with E-state index in [4.69, 9.17) is 4.98 Å². The van der Waals surface area contributed by atoms with Gasteiger partial charge >= 0.3 is 0 Å². The monoisotopic (exact) mass is 312 g/mol. The zero-order valence-electron chi connectivity index (χ0n) is 14.1. The van der Waals surface area contributed by atoms with E-state index in [0.717, 1.165) is 40.8 Å². The van der Waals surface area contributed by atoms with Gasteiger partial charge in [-0.15, -0.1) is 0 Å². The normalized spacial score (nSPS) is 10.4. The summed E-state index contributed by atoms with van der Waals surface area (Å²) in [5, 5.41) is 9.59. The maximum absolute atomic E-state index is 9.59. The summed E-state index contributed by atoms with van der Waals surface area (Å²) in [6.07, 6.45) is 1.69. The van der Waals surface area contributed by atoms with Gasteiger partial charge in [-0.05, 0) is 29.5 Å². The van der Waals surface area contributed by atoms with Crippen LogP contribution in [0, 0.1) is 11.3 Å². The fraction of sp³-hybridized carbons (Fsp3) is 0.182. The summed E-state index contributed by atoms with van der Waals surface area (Å²) in [6.45, 7) is 4.24. The molecule has 0 unspecified atom stereocenters. The third-order valence-corrected chi connectivity index (χ3v) is 4.34. The summed E-state index contributed by atoms with van der Waals surface area (Å²) < 4.78 is 0. The van der Waals surface area contributed by atoms with Crippen LogP contribution in [0.4, 0.5) is 0 Å². The molecule has 1 aromatic heterocycles. The number of hydrogen-bond acceptors (Lipinski definition) is 2. The molecule has 24 heavy (non-hydrogen) atoms. The summed E-state index contributed by atoms with van der Waals surface area (Å²) in [5.41, 5.74) is 7.10. The first-order chi connectivity index (χ1) is 11.8. The minimum Gasteiger partial charge on any atom is -0.236 e. The molecule has 1 heterocycles. The fourth-order valence-electron chi connectivity index (χ4n) is 3.26. The van der Waals surface area contributed by atoms with Crippen molar-refractivity contribution in [2.75, 3.05) is 0 Å². The smallest absolute Gasteiger partial charge is 0.144 e. The van der Waals surface area contributed by atoms with E-state index in [2.05, 4.69) is 44.2 Å². The van der Waals surface area contributed by atoms with Gasteiger partial charge in [0.25, 0.3) is 0 Å². The minimum atomic E-state index is 0.549. The van der Waals surface area contributed by atoms with Crippen LogP contribution in [0.5, 0.6) is 0 Å². The van der Waals surface area contributed by atoms with Crippen molar-refractivity contribution in [3.05, 3.63) is 77.5 Å². The third kappa shape index (κ3) is 2.81. The van der Waals surface area contributed by atoms with Crippen LogP contribution in [0.25, 0.3) is 22.4 Å². The Labute approximate surface area is 143 Å². The molecule has 2 nitrogen and oxygen atoms in total. The summed E-state index contributed by atoms with van der Waals surface area (Å²) in [4.78, 5) is 4.76. The minimum absolute atomic E-state index is 0.549. The van der Waals surface area contributed by atoms with Crippen LogP contribution in [0.3, 0.4) is 0 Å².